The Morgan fingerprint density at radius 1 is 0.718 bits per heavy atom. The number of hydrogen-bond donors (Lipinski definition) is 3. The minimum absolute atomic E-state index is 0.113. The van der Waals surface area contributed by atoms with Crippen molar-refractivity contribution >= 4 is 47.4 Å². The van der Waals surface area contributed by atoms with Crippen LogP contribution in [0.3, 0.4) is 0 Å². The number of imide groups is 3. The molecule has 0 spiro atoms. The number of carbonyl (C=O) groups is 8. The van der Waals surface area contributed by atoms with Crippen molar-refractivity contribution in [3.05, 3.63) is 59.2 Å². The van der Waals surface area contributed by atoms with Gasteiger partial charge in [-0.15, -0.1) is 0 Å². The molecule has 0 radical (unpaired) electrons. The summed E-state index contributed by atoms with van der Waals surface area (Å²) in [5.74, 6) is -3.84. The van der Waals surface area contributed by atoms with Crippen LogP contribution in [-0.2, 0) is 23.9 Å². The number of hydrogen-bond acceptors (Lipinski definition) is 12. The first-order chi connectivity index (χ1) is 18.6. The zero-order valence-corrected chi connectivity index (χ0v) is 20.0. The number of nitrogens with one attached hydrogen (secondary N) is 2. The number of piperidine rings is 2. The van der Waals surface area contributed by atoms with Gasteiger partial charge >= 0.3 is 11.9 Å². The van der Waals surface area contributed by atoms with Crippen LogP contribution in [0.5, 0.6) is 0 Å². The molecule has 4 N–H and O–H groups in total. The number of carbonyl (C=O) groups excluding carboxylic acids is 8. The van der Waals surface area contributed by atoms with Crippen molar-refractivity contribution in [2.24, 2.45) is 5.73 Å². The molecule has 4 aliphatic rings. The molecule has 6 amide bonds. The number of nitrogens with zero attached hydrogens (tertiary/aromatic N) is 3. The molecule has 6 rings (SSSR count). The van der Waals surface area contributed by atoms with Crippen LogP contribution in [0, 0.1) is 0 Å². The number of cyclic esters (lactones) is 2. The second kappa shape index (κ2) is 11.1. The molecule has 2 saturated heterocycles. The predicted molar refractivity (Wildman–Crippen MR) is 125 cm³/mol. The molecule has 15 nitrogen and oxygen atoms in total. The van der Waals surface area contributed by atoms with E-state index in [1.165, 1.54) is 36.9 Å². The van der Waals surface area contributed by atoms with Gasteiger partial charge < -0.3 is 10.5 Å². The molecule has 2 atom stereocenters. The van der Waals surface area contributed by atoms with Gasteiger partial charge in [0.15, 0.2) is 0 Å². The zero-order chi connectivity index (χ0) is 28.3. The molecule has 200 valence electrons. The van der Waals surface area contributed by atoms with Crippen LogP contribution >= 0.6 is 0 Å². The average molecular weight is 536 g/mol. The van der Waals surface area contributed by atoms with Crippen LogP contribution in [0.2, 0.25) is 0 Å². The highest BCUT2D eigenvalue weighted by atomic mass is 16.6. The number of aromatic nitrogens is 2. The van der Waals surface area contributed by atoms with E-state index in [-0.39, 0.29) is 47.3 Å². The van der Waals surface area contributed by atoms with E-state index < -0.39 is 41.7 Å². The topological polar surface area (TPSA) is 225 Å². The monoisotopic (exact) mass is 536 g/mol. The summed E-state index contributed by atoms with van der Waals surface area (Å²) in [7, 11) is 0. The summed E-state index contributed by atoms with van der Waals surface area (Å²) in [6.45, 7) is 0. The third-order valence-corrected chi connectivity index (χ3v) is 5.97. The summed E-state index contributed by atoms with van der Waals surface area (Å²) in [6.07, 6.45) is 6.60. The molecule has 15 heteroatoms. The van der Waals surface area contributed by atoms with Gasteiger partial charge in [-0.25, -0.2) is 9.59 Å². The maximum absolute atomic E-state index is 12.1. The lowest BCUT2D eigenvalue weighted by Gasteiger charge is -2.27. The Bertz CT molecular complexity index is 1370. The van der Waals surface area contributed by atoms with Gasteiger partial charge in [0.2, 0.25) is 23.6 Å². The predicted octanol–water partition coefficient (Wildman–Crippen LogP) is -1.37. The molecule has 2 fully saturated rings. The van der Waals surface area contributed by atoms with E-state index in [2.05, 4.69) is 25.3 Å². The van der Waals surface area contributed by atoms with E-state index in [1.807, 2.05) is 0 Å². The molecule has 2 aromatic heterocycles. The van der Waals surface area contributed by atoms with Gasteiger partial charge in [-0.05, 0) is 25.0 Å². The number of ether oxygens (including phenoxy) is 1. The first-order valence-electron chi connectivity index (χ1n) is 11.5. The van der Waals surface area contributed by atoms with Crippen molar-refractivity contribution in [3.63, 3.8) is 0 Å². The second-order valence-electron chi connectivity index (χ2n) is 8.52. The zero-order valence-electron chi connectivity index (χ0n) is 20.0. The molecule has 2 unspecified atom stereocenters. The molecule has 4 aliphatic heterocycles. The lowest BCUT2D eigenvalue weighted by molar-refractivity contribution is -0.137. The number of pyridine rings is 2. The summed E-state index contributed by atoms with van der Waals surface area (Å²) in [5, 5.41) is 4.26. The highest BCUT2D eigenvalue weighted by Crippen LogP contribution is 2.26. The minimum Gasteiger partial charge on any atom is -0.386 e. The van der Waals surface area contributed by atoms with Crippen LogP contribution in [0.15, 0.2) is 36.9 Å². The number of nitrogens with two attached hydrogens (primary N) is 1. The Labute approximate surface area is 219 Å². The molecule has 0 bridgehead atoms. The van der Waals surface area contributed by atoms with Crippen molar-refractivity contribution < 1.29 is 43.1 Å². The fourth-order valence-corrected chi connectivity index (χ4v) is 3.95. The van der Waals surface area contributed by atoms with Crippen LogP contribution in [0.25, 0.3) is 0 Å². The van der Waals surface area contributed by atoms with E-state index >= 15 is 0 Å². The Balaban J connectivity index is 0.000000149. The Morgan fingerprint density at radius 3 is 1.82 bits per heavy atom. The smallest absolute Gasteiger partial charge is 0.348 e. The molecule has 6 heterocycles. The standard InChI is InChI=1S/C12H9N3O4.C7H3NO3.C5H8N2O2/c16-9-2-1-8(10(17)14-9)15-11(18)6-3-4-13-5-7(6)12(15)19;9-6-4-1-2-8-3-5(4)7(10)11-6;6-3-1-2-4(8)7-5(3)9/h3-5,8H,1-2H2,(H,14,16,17);1-3H;3H,1-2,6H2,(H,7,8,9). The first kappa shape index (κ1) is 26.9. The minimum atomic E-state index is -0.926. The van der Waals surface area contributed by atoms with Crippen molar-refractivity contribution in [3.8, 4) is 0 Å². The second-order valence-corrected chi connectivity index (χ2v) is 8.52. The molecule has 2 aromatic rings. The van der Waals surface area contributed by atoms with Gasteiger partial charge in [0.25, 0.3) is 11.8 Å². The molecule has 0 aliphatic carbocycles. The van der Waals surface area contributed by atoms with E-state index in [1.54, 1.807) is 0 Å². The molecular weight excluding hydrogens is 516 g/mol. The normalized spacial score (nSPS) is 21.5. The van der Waals surface area contributed by atoms with E-state index in [0.717, 1.165) is 4.90 Å². The van der Waals surface area contributed by atoms with Crippen molar-refractivity contribution in [1.29, 1.82) is 0 Å². The van der Waals surface area contributed by atoms with Crippen LogP contribution in [0.1, 0.15) is 67.1 Å². The summed E-state index contributed by atoms with van der Waals surface area (Å²) in [5.41, 5.74) is 6.25. The maximum atomic E-state index is 12.1. The Kier molecular flexibility index (Phi) is 7.62. The van der Waals surface area contributed by atoms with Crippen LogP contribution in [-0.4, -0.2) is 74.3 Å². The lowest BCUT2D eigenvalue weighted by Crippen LogP contribution is -2.54. The summed E-state index contributed by atoms with van der Waals surface area (Å²) in [4.78, 5) is 98.1. The molecule has 0 aromatic carbocycles. The molecule has 39 heavy (non-hydrogen) atoms. The lowest BCUT2D eigenvalue weighted by atomic mass is 10.0. The Hall–Kier alpha value is -5.18. The third kappa shape index (κ3) is 5.57. The number of rotatable bonds is 1. The van der Waals surface area contributed by atoms with Gasteiger partial charge in [0.1, 0.15) is 6.04 Å². The maximum Gasteiger partial charge on any atom is 0.348 e. The van der Waals surface area contributed by atoms with Gasteiger partial charge in [-0.1, -0.05) is 0 Å². The molecule has 0 saturated carbocycles. The molecular formula is C24H20N6O9. The fourth-order valence-electron chi connectivity index (χ4n) is 3.95. The number of fused-ring (bicyclic) bond motifs is 2. The van der Waals surface area contributed by atoms with Gasteiger partial charge in [0.05, 0.1) is 28.3 Å². The van der Waals surface area contributed by atoms with Crippen LogP contribution in [0.4, 0.5) is 0 Å². The quantitative estimate of drug-likeness (QED) is 0.218. The summed E-state index contributed by atoms with van der Waals surface area (Å²) in [6, 6.07) is 1.50. The van der Waals surface area contributed by atoms with Crippen molar-refractivity contribution in [2.75, 3.05) is 0 Å². The van der Waals surface area contributed by atoms with Gasteiger partial charge in [-0.3, -0.25) is 54.3 Å². The van der Waals surface area contributed by atoms with E-state index in [0.29, 0.717) is 18.4 Å². The Morgan fingerprint density at radius 2 is 1.26 bits per heavy atom. The van der Waals surface area contributed by atoms with Gasteiger partial charge in [-0.2, -0.15) is 0 Å². The van der Waals surface area contributed by atoms with Gasteiger partial charge in [0, 0.05) is 37.6 Å². The number of esters is 2. The van der Waals surface area contributed by atoms with E-state index in [4.69, 9.17) is 5.73 Å². The summed E-state index contributed by atoms with van der Waals surface area (Å²) < 4.78 is 4.31. The highest BCUT2D eigenvalue weighted by molar-refractivity contribution is 6.23. The summed E-state index contributed by atoms with van der Waals surface area (Å²) >= 11 is 0. The van der Waals surface area contributed by atoms with Crippen molar-refractivity contribution in [1.82, 2.24) is 25.5 Å². The van der Waals surface area contributed by atoms with E-state index in [9.17, 15) is 38.4 Å². The highest BCUT2D eigenvalue weighted by Gasteiger charge is 2.44. The largest absolute Gasteiger partial charge is 0.386 e. The number of amides is 6. The van der Waals surface area contributed by atoms with Crippen molar-refractivity contribution in [2.45, 2.75) is 37.8 Å². The average Bonchev–Trinajstić information content (AvgIpc) is 3.35. The first-order valence-corrected chi connectivity index (χ1v) is 11.5. The van der Waals surface area contributed by atoms with Crippen LogP contribution < -0.4 is 16.4 Å². The fraction of sp³-hybridized carbons (Fsp3) is 0.250. The third-order valence-electron chi connectivity index (χ3n) is 5.97. The SMILES string of the molecule is NC1CCC(=O)NC1=O.O=C1CCC(N2C(=O)c3ccncc3C2=O)C(=O)N1.O=C1OC(=O)c2cnccc21.